The molecule has 1 aromatic carbocycles. The molecule has 6 nitrogen and oxygen atoms in total. The average molecular weight is 402 g/mol. The minimum absolute atomic E-state index is 0.0273. The third kappa shape index (κ3) is 4.40. The van der Waals surface area contributed by atoms with Crippen LogP contribution in [0.3, 0.4) is 0 Å². The molecular formula is C20H21F3N6. The fraction of sp³-hybridized carbons (Fsp3) is 0.350. The lowest BCUT2D eigenvalue weighted by atomic mass is 10.2. The van der Waals surface area contributed by atoms with Crippen molar-refractivity contribution < 1.29 is 13.2 Å². The van der Waals surface area contributed by atoms with Crippen LogP contribution in [-0.4, -0.2) is 57.2 Å². The second-order valence-corrected chi connectivity index (χ2v) is 7.00. The zero-order chi connectivity index (χ0) is 20.4. The summed E-state index contributed by atoms with van der Waals surface area (Å²) in [5.41, 5.74) is 1.77. The molecule has 0 atom stereocenters. The lowest BCUT2D eigenvalue weighted by molar-refractivity contribution is -0.144. The van der Waals surface area contributed by atoms with Crippen LogP contribution in [0, 0.1) is 6.92 Å². The van der Waals surface area contributed by atoms with Gasteiger partial charge in [-0.3, -0.25) is 4.90 Å². The van der Waals surface area contributed by atoms with E-state index in [1.54, 1.807) is 13.0 Å². The van der Waals surface area contributed by atoms with Crippen molar-refractivity contribution in [3.8, 4) is 0 Å². The Morgan fingerprint density at radius 1 is 1.03 bits per heavy atom. The summed E-state index contributed by atoms with van der Waals surface area (Å²) in [6.45, 7) is 5.58. The molecule has 4 rings (SSSR count). The van der Waals surface area contributed by atoms with E-state index >= 15 is 0 Å². The lowest BCUT2D eigenvalue weighted by Crippen LogP contribution is -2.47. The average Bonchev–Trinajstić information content (AvgIpc) is 3.13. The van der Waals surface area contributed by atoms with E-state index in [9.17, 15) is 13.2 Å². The minimum Gasteiger partial charge on any atom is -0.354 e. The highest BCUT2D eigenvalue weighted by atomic mass is 19.4. The smallest absolute Gasteiger partial charge is 0.354 e. The third-order valence-electron chi connectivity index (χ3n) is 4.84. The van der Waals surface area contributed by atoms with Gasteiger partial charge in [0.05, 0.1) is 0 Å². The minimum atomic E-state index is -4.59. The van der Waals surface area contributed by atoms with E-state index in [1.807, 2.05) is 23.1 Å². The van der Waals surface area contributed by atoms with Crippen LogP contribution in [0.4, 0.5) is 19.0 Å². The molecular weight excluding hydrogens is 381 g/mol. The van der Waals surface area contributed by atoms with Gasteiger partial charge in [-0.05, 0) is 12.5 Å². The topological polar surface area (TPSA) is 49.6 Å². The van der Waals surface area contributed by atoms with Gasteiger partial charge in [0.2, 0.25) is 0 Å². The van der Waals surface area contributed by atoms with E-state index in [4.69, 9.17) is 0 Å². The van der Waals surface area contributed by atoms with E-state index in [0.717, 1.165) is 25.2 Å². The number of fused-ring (bicyclic) bond motifs is 1. The monoisotopic (exact) mass is 402 g/mol. The summed E-state index contributed by atoms with van der Waals surface area (Å²) < 4.78 is 40.2. The summed E-state index contributed by atoms with van der Waals surface area (Å²) in [6, 6.07) is 11.9. The van der Waals surface area contributed by atoms with Crippen molar-refractivity contribution in [2.75, 3.05) is 37.6 Å². The van der Waals surface area contributed by atoms with Gasteiger partial charge in [-0.1, -0.05) is 42.5 Å². The molecule has 152 valence electrons. The summed E-state index contributed by atoms with van der Waals surface area (Å²) in [5, 5.41) is 3.65. The van der Waals surface area contributed by atoms with E-state index in [-0.39, 0.29) is 5.78 Å². The van der Waals surface area contributed by atoms with Crippen molar-refractivity contribution >= 4 is 17.7 Å². The van der Waals surface area contributed by atoms with Crippen molar-refractivity contribution in [3.05, 3.63) is 59.6 Å². The number of halogens is 3. The predicted octanol–water partition coefficient (Wildman–Crippen LogP) is 3.29. The molecule has 3 heterocycles. The molecule has 1 aliphatic heterocycles. The number of hydrogen-bond donors (Lipinski definition) is 0. The number of nitrogens with zero attached hydrogens (tertiary/aromatic N) is 6. The number of piperazine rings is 1. The zero-order valence-electron chi connectivity index (χ0n) is 16.0. The Morgan fingerprint density at radius 2 is 1.76 bits per heavy atom. The Hall–Kier alpha value is -2.94. The predicted molar refractivity (Wildman–Crippen MR) is 105 cm³/mol. The summed E-state index contributed by atoms with van der Waals surface area (Å²) in [4.78, 5) is 12.0. The second kappa shape index (κ2) is 7.82. The number of anilines is 1. The first kappa shape index (κ1) is 19.4. The molecule has 1 fully saturated rings. The highest BCUT2D eigenvalue weighted by Crippen LogP contribution is 2.28. The standard InChI is InChI=1S/C20H21F3N6/c1-15-14-17(29-19(24-15)25-18(26-29)20(21,22)23)28-12-10-27(11-13-28)9-5-8-16-6-3-2-4-7-16/h2-8,14H,9-13H2,1H3. The highest BCUT2D eigenvalue weighted by Gasteiger charge is 2.37. The van der Waals surface area contributed by atoms with E-state index in [0.29, 0.717) is 24.6 Å². The molecule has 1 aliphatic rings. The van der Waals surface area contributed by atoms with Gasteiger partial charge in [-0.15, -0.1) is 5.10 Å². The van der Waals surface area contributed by atoms with Crippen LogP contribution in [0.15, 0.2) is 42.5 Å². The molecule has 0 spiro atoms. The third-order valence-corrected chi connectivity index (χ3v) is 4.84. The number of hydrogen-bond acceptors (Lipinski definition) is 5. The normalized spacial score (nSPS) is 16.2. The van der Waals surface area contributed by atoms with Crippen LogP contribution in [0.25, 0.3) is 11.9 Å². The lowest BCUT2D eigenvalue weighted by Gasteiger charge is -2.35. The quantitative estimate of drug-likeness (QED) is 0.670. The Morgan fingerprint density at radius 3 is 2.45 bits per heavy atom. The van der Waals surface area contributed by atoms with Crippen molar-refractivity contribution in [2.24, 2.45) is 0 Å². The van der Waals surface area contributed by atoms with Gasteiger partial charge < -0.3 is 4.90 Å². The second-order valence-electron chi connectivity index (χ2n) is 7.00. The Balaban J connectivity index is 1.45. The van der Waals surface area contributed by atoms with Gasteiger partial charge in [0.1, 0.15) is 5.82 Å². The number of rotatable bonds is 4. The van der Waals surface area contributed by atoms with Gasteiger partial charge in [0.15, 0.2) is 0 Å². The van der Waals surface area contributed by atoms with Gasteiger partial charge in [0, 0.05) is 44.5 Å². The Labute approximate surface area is 166 Å². The molecule has 3 aromatic rings. The molecule has 0 bridgehead atoms. The number of aryl methyl sites for hydroxylation is 1. The largest absolute Gasteiger partial charge is 0.453 e. The van der Waals surface area contributed by atoms with E-state index in [2.05, 4.69) is 44.3 Å². The van der Waals surface area contributed by atoms with E-state index < -0.39 is 12.0 Å². The van der Waals surface area contributed by atoms with Crippen molar-refractivity contribution in [1.82, 2.24) is 24.5 Å². The molecule has 9 heteroatoms. The van der Waals surface area contributed by atoms with Gasteiger partial charge >= 0.3 is 6.18 Å². The Bertz CT molecular complexity index is 1000. The molecule has 0 amide bonds. The first-order valence-electron chi connectivity index (χ1n) is 9.41. The molecule has 1 saturated heterocycles. The van der Waals surface area contributed by atoms with E-state index in [1.165, 1.54) is 4.52 Å². The van der Waals surface area contributed by atoms with Crippen molar-refractivity contribution in [2.45, 2.75) is 13.1 Å². The summed E-state index contributed by atoms with van der Waals surface area (Å²) in [6.07, 6.45) is -0.369. The number of aromatic nitrogens is 4. The molecule has 2 aromatic heterocycles. The molecule has 0 N–H and O–H groups in total. The number of alkyl halides is 3. The fourth-order valence-electron chi connectivity index (χ4n) is 3.37. The van der Waals surface area contributed by atoms with Gasteiger partial charge in [-0.25, -0.2) is 4.98 Å². The maximum atomic E-state index is 13.0. The molecule has 29 heavy (non-hydrogen) atoms. The van der Waals surface area contributed by atoms with Crippen LogP contribution in [0.5, 0.6) is 0 Å². The van der Waals surface area contributed by atoms with Crippen LogP contribution < -0.4 is 4.90 Å². The molecule has 0 radical (unpaired) electrons. The van der Waals surface area contributed by atoms with Crippen LogP contribution in [-0.2, 0) is 6.18 Å². The SMILES string of the molecule is Cc1cc(N2CCN(CC=Cc3ccccc3)CC2)n2nc(C(F)(F)F)nc2n1. The molecule has 0 aliphatic carbocycles. The van der Waals surface area contributed by atoms with Crippen molar-refractivity contribution in [1.29, 1.82) is 0 Å². The first-order valence-corrected chi connectivity index (χ1v) is 9.41. The highest BCUT2D eigenvalue weighted by molar-refractivity contribution is 5.49. The summed E-state index contributed by atoms with van der Waals surface area (Å²) in [5.74, 6) is -0.600. The maximum absolute atomic E-state index is 13.0. The number of benzene rings is 1. The molecule has 0 unspecified atom stereocenters. The summed E-state index contributed by atoms with van der Waals surface area (Å²) >= 11 is 0. The van der Waals surface area contributed by atoms with Crippen LogP contribution >= 0.6 is 0 Å². The molecule has 0 saturated carbocycles. The zero-order valence-corrected chi connectivity index (χ0v) is 16.0. The van der Waals surface area contributed by atoms with Crippen LogP contribution in [0.2, 0.25) is 0 Å². The van der Waals surface area contributed by atoms with Gasteiger partial charge in [-0.2, -0.15) is 22.7 Å². The van der Waals surface area contributed by atoms with Crippen LogP contribution in [0.1, 0.15) is 17.1 Å². The first-order chi connectivity index (χ1) is 13.9. The maximum Gasteiger partial charge on any atom is 0.453 e. The Kier molecular flexibility index (Phi) is 5.23. The fourth-order valence-corrected chi connectivity index (χ4v) is 3.37. The van der Waals surface area contributed by atoms with Crippen molar-refractivity contribution in [3.63, 3.8) is 0 Å². The summed E-state index contributed by atoms with van der Waals surface area (Å²) in [7, 11) is 0. The van der Waals surface area contributed by atoms with Gasteiger partial charge in [0.25, 0.3) is 11.6 Å².